The second-order valence-corrected chi connectivity index (χ2v) is 9.37. The fourth-order valence-electron chi connectivity index (χ4n) is 3.76. The summed E-state index contributed by atoms with van der Waals surface area (Å²) in [7, 11) is 0. The fraction of sp³-hybridized carbons (Fsp3) is 0.435. The Kier molecular flexibility index (Phi) is 6.85. The number of carbonyl (C=O) groups excluding carboxylic acids is 1. The number of nitrogens with two attached hydrogens (primary N) is 1. The Morgan fingerprint density at radius 2 is 1.86 bits per heavy atom. The van der Waals surface area contributed by atoms with Gasteiger partial charge in [-0.1, -0.05) is 36.4 Å². The van der Waals surface area contributed by atoms with Crippen molar-refractivity contribution in [1.29, 1.82) is 0 Å². The lowest BCUT2D eigenvalue weighted by atomic mass is 9.96. The number of amides is 1. The molecule has 29 heavy (non-hydrogen) atoms. The molecule has 1 aliphatic heterocycles. The maximum Gasteiger partial charge on any atom is 0.410 e. The first-order chi connectivity index (χ1) is 13.8. The maximum absolute atomic E-state index is 12.4. The highest BCUT2D eigenvalue weighted by Gasteiger charge is 2.31. The number of piperazine rings is 1. The van der Waals surface area contributed by atoms with Crippen LogP contribution < -0.4 is 5.73 Å². The number of fused-ring (bicyclic) bond motifs is 1. The average molecular weight is 460 g/mol. The molecule has 3 rings (SSSR count). The van der Waals surface area contributed by atoms with Crippen LogP contribution in [0.2, 0.25) is 0 Å². The number of benzene rings is 1. The number of carbonyl (C=O) groups is 1. The van der Waals surface area contributed by atoms with E-state index in [-0.39, 0.29) is 12.1 Å². The summed E-state index contributed by atoms with van der Waals surface area (Å²) in [6, 6.07) is 8.80. The molecule has 0 bridgehead atoms. The number of ether oxygens (including phenoxy) is 1. The Hall–Kier alpha value is -2.05. The topological polar surface area (TPSA) is 58.8 Å². The molecule has 0 aromatic heterocycles. The highest BCUT2D eigenvalue weighted by Crippen LogP contribution is 2.35. The maximum atomic E-state index is 12.4. The van der Waals surface area contributed by atoms with Crippen LogP contribution in [0.4, 0.5) is 4.79 Å². The van der Waals surface area contributed by atoms with Gasteiger partial charge in [-0.25, -0.2) is 4.79 Å². The summed E-state index contributed by atoms with van der Waals surface area (Å²) in [6.45, 7) is 8.69. The average Bonchev–Trinajstić information content (AvgIpc) is 2.86. The van der Waals surface area contributed by atoms with E-state index < -0.39 is 5.60 Å². The Morgan fingerprint density at radius 1 is 1.17 bits per heavy atom. The molecule has 1 atom stereocenters. The van der Waals surface area contributed by atoms with Gasteiger partial charge in [-0.15, -0.1) is 0 Å². The monoisotopic (exact) mass is 459 g/mol. The third-order valence-corrected chi connectivity index (χ3v) is 5.64. The summed E-state index contributed by atoms with van der Waals surface area (Å²) in [5, 5.41) is 0. The summed E-state index contributed by atoms with van der Waals surface area (Å²) < 4.78 is 6.41. The van der Waals surface area contributed by atoms with Crippen molar-refractivity contribution >= 4 is 28.1 Å². The molecule has 156 valence electrons. The molecule has 2 N–H and O–H groups in total. The SMILES string of the molecule is CC(C)(C)OC(=O)N1CCN(C2C/C(=C\C(Br)=C/N)C=Cc3ccccc32)CC1. The van der Waals surface area contributed by atoms with E-state index in [9.17, 15) is 4.79 Å². The van der Waals surface area contributed by atoms with Crippen LogP contribution in [0.1, 0.15) is 44.4 Å². The number of halogens is 1. The van der Waals surface area contributed by atoms with Crippen LogP contribution in [0, 0.1) is 0 Å². The van der Waals surface area contributed by atoms with Gasteiger partial charge < -0.3 is 15.4 Å². The van der Waals surface area contributed by atoms with Crippen LogP contribution in [0.25, 0.3) is 6.08 Å². The lowest BCUT2D eigenvalue weighted by Gasteiger charge is -2.40. The summed E-state index contributed by atoms with van der Waals surface area (Å²) in [6.07, 6.45) is 8.65. The molecule has 1 amide bonds. The largest absolute Gasteiger partial charge is 0.444 e. The lowest BCUT2D eigenvalue weighted by Crippen LogP contribution is -2.50. The molecule has 1 aliphatic carbocycles. The normalized spacial score (nSPS) is 22.3. The van der Waals surface area contributed by atoms with E-state index in [2.05, 4.69) is 63.3 Å². The molecule has 1 heterocycles. The predicted molar refractivity (Wildman–Crippen MR) is 121 cm³/mol. The summed E-state index contributed by atoms with van der Waals surface area (Å²) >= 11 is 3.49. The molecule has 5 nitrogen and oxygen atoms in total. The van der Waals surface area contributed by atoms with E-state index in [1.807, 2.05) is 25.7 Å². The molecule has 2 aliphatic rings. The first kappa shape index (κ1) is 21.7. The van der Waals surface area contributed by atoms with Crippen molar-refractivity contribution in [3.05, 3.63) is 63.8 Å². The second-order valence-electron chi connectivity index (χ2n) is 8.46. The predicted octanol–water partition coefficient (Wildman–Crippen LogP) is 4.82. The van der Waals surface area contributed by atoms with E-state index in [1.165, 1.54) is 16.7 Å². The number of allylic oxidation sites excluding steroid dienone is 3. The first-order valence-corrected chi connectivity index (χ1v) is 10.8. The molecule has 0 saturated carbocycles. The van der Waals surface area contributed by atoms with Gasteiger partial charge in [0, 0.05) is 42.9 Å². The van der Waals surface area contributed by atoms with Crippen LogP contribution in [0.5, 0.6) is 0 Å². The Morgan fingerprint density at radius 3 is 2.52 bits per heavy atom. The summed E-state index contributed by atoms with van der Waals surface area (Å²) in [5.41, 5.74) is 8.95. The van der Waals surface area contributed by atoms with Crippen LogP contribution in [-0.2, 0) is 4.74 Å². The van der Waals surface area contributed by atoms with Crippen LogP contribution >= 0.6 is 15.9 Å². The molecular weight excluding hydrogens is 430 g/mol. The third kappa shape index (κ3) is 5.73. The zero-order chi connectivity index (χ0) is 21.0. The van der Waals surface area contributed by atoms with E-state index in [1.54, 1.807) is 6.20 Å². The number of hydrogen-bond acceptors (Lipinski definition) is 4. The molecule has 1 unspecified atom stereocenters. The quantitative estimate of drug-likeness (QED) is 0.688. The minimum absolute atomic E-state index is 0.224. The van der Waals surface area contributed by atoms with Gasteiger partial charge in [0.05, 0.1) is 0 Å². The van der Waals surface area contributed by atoms with E-state index in [0.717, 1.165) is 24.0 Å². The van der Waals surface area contributed by atoms with Crippen LogP contribution in [-0.4, -0.2) is 47.7 Å². The minimum Gasteiger partial charge on any atom is -0.444 e. The zero-order valence-electron chi connectivity index (χ0n) is 17.4. The van der Waals surface area contributed by atoms with Crippen molar-refractivity contribution in [3.63, 3.8) is 0 Å². The smallest absolute Gasteiger partial charge is 0.410 e. The van der Waals surface area contributed by atoms with E-state index >= 15 is 0 Å². The molecule has 6 heteroatoms. The van der Waals surface area contributed by atoms with Gasteiger partial charge in [0.1, 0.15) is 5.60 Å². The Bertz CT molecular complexity index is 831. The van der Waals surface area contributed by atoms with Crippen molar-refractivity contribution in [3.8, 4) is 0 Å². The Balaban J connectivity index is 1.77. The first-order valence-electron chi connectivity index (χ1n) is 10.0. The van der Waals surface area contributed by atoms with E-state index in [4.69, 9.17) is 10.5 Å². The van der Waals surface area contributed by atoms with Crippen molar-refractivity contribution in [2.24, 2.45) is 5.73 Å². The van der Waals surface area contributed by atoms with Gasteiger partial charge in [0.15, 0.2) is 0 Å². The fourth-order valence-corrected chi connectivity index (χ4v) is 4.06. The van der Waals surface area contributed by atoms with Crippen molar-refractivity contribution in [1.82, 2.24) is 9.80 Å². The lowest BCUT2D eigenvalue weighted by molar-refractivity contribution is 0.0102. The molecule has 1 fully saturated rings. The van der Waals surface area contributed by atoms with Crippen molar-refractivity contribution in [2.75, 3.05) is 26.2 Å². The van der Waals surface area contributed by atoms with Gasteiger partial charge in [0.2, 0.25) is 0 Å². The molecule has 1 aromatic rings. The zero-order valence-corrected chi connectivity index (χ0v) is 19.0. The number of hydrogen-bond donors (Lipinski definition) is 1. The Labute approximate surface area is 182 Å². The molecular formula is C23H30BrN3O2. The second kappa shape index (κ2) is 9.18. The summed E-state index contributed by atoms with van der Waals surface area (Å²) in [4.78, 5) is 16.7. The number of nitrogens with zero attached hydrogens (tertiary/aromatic N) is 2. The van der Waals surface area contributed by atoms with Crippen molar-refractivity contribution in [2.45, 2.75) is 38.8 Å². The van der Waals surface area contributed by atoms with Crippen LogP contribution in [0.15, 0.2) is 52.7 Å². The summed E-state index contributed by atoms with van der Waals surface area (Å²) in [5.74, 6) is 0. The number of rotatable bonds is 2. The van der Waals surface area contributed by atoms with Crippen molar-refractivity contribution < 1.29 is 9.53 Å². The standard InChI is InChI=1S/C23H30BrN3O2/c1-23(2,3)29-22(28)27-12-10-26(11-13-27)21-15-17(14-19(24)16-25)8-9-18-6-4-5-7-20(18)21/h4-9,14,16,21H,10-13,15,25H2,1-3H3/b17-14-,19-16+. The highest BCUT2D eigenvalue weighted by molar-refractivity contribution is 9.11. The van der Waals surface area contributed by atoms with Gasteiger partial charge in [0.25, 0.3) is 0 Å². The van der Waals surface area contributed by atoms with Gasteiger partial charge in [-0.3, -0.25) is 4.90 Å². The highest BCUT2D eigenvalue weighted by atomic mass is 79.9. The van der Waals surface area contributed by atoms with Gasteiger partial charge in [-0.05, 0) is 65.9 Å². The molecule has 1 saturated heterocycles. The molecule has 1 aromatic carbocycles. The van der Waals surface area contributed by atoms with Gasteiger partial charge >= 0.3 is 6.09 Å². The third-order valence-electron chi connectivity index (χ3n) is 5.15. The molecule has 0 spiro atoms. The van der Waals surface area contributed by atoms with Crippen LogP contribution in [0.3, 0.4) is 0 Å². The minimum atomic E-state index is -0.469. The molecule has 0 radical (unpaired) electrons. The van der Waals surface area contributed by atoms with E-state index in [0.29, 0.717) is 13.1 Å². The van der Waals surface area contributed by atoms with Gasteiger partial charge in [-0.2, -0.15) is 0 Å².